The summed E-state index contributed by atoms with van der Waals surface area (Å²) in [4.78, 5) is 21.1. The van der Waals surface area contributed by atoms with Crippen molar-refractivity contribution in [3.63, 3.8) is 0 Å². The van der Waals surface area contributed by atoms with Gasteiger partial charge in [0.05, 0.1) is 19.2 Å². The Morgan fingerprint density at radius 2 is 2.22 bits per heavy atom. The van der Waals surface area contributed by atoms with Crippen LogP contribution >= 0.6 is 0 Å². The first-order valence-corrected chi connectivity index (χ1v) is 5.69. The van der Waals surface area contributed by atoms with E-state index in [0.717, 1.165) is 0 Å². The van der Waals surface area contributed by atoms with Crippen LogP contribution < -0.4 is 10.6 Å². The first kappa shape index (κ1) is 14.2. The van der Waals surface area contributed by atoms with Crippen LogP contribution in [-0.4, -0.2) is 23.9 Å². The third-order valence-corrected chi connectivity index (χ3v) is 2.12. The van der Waals surface area contributed by atoms with E-state index < -0.39 is 4.92 Å². The number of nitro groups is 1. The fraction of sp³-hybridized carbons (Fsp3) is 0.545. The fourth-order valence-corrected chi connectivity index (χ4v) is 1.24. The number of hydrogen-bond donors (Lipinski definition) is 2. The normalized spacial score (nSPS) is 10.6. The number of nitrogens with zero attached hydrogens (tertiary/aromatic N) is 1. The van der Waals surface area contributed by atoms with Gasteiger partial charge in [-0.3, -0.25) is 14.9 Å². The minimum absolute atomic E-state index is 0.107. The van der Waals surface area contributed by atoms with E-state index >= 15 is 0 Å². The molecule has 2 N–H and O–H groups in total. The second-order valence-electron chi connectivity index (χ2n) is 4.30. The smallest absolute Gasteiger partial charge is 0.404 e. The molecule has 7 heteroatoms. The van der Waals surface area contributed by atoms with Crippen LogP contribution in [0.15, 0.2) is 16.5 Å². The van der Waals surface area contributed by atoms with Gasteiger partial charge in [-0.05, 0) is 12.0 Å². The summed E-state index contributed by atoms with van der Waals surface area (Å²) in [7, 11) is 0. The molecule has 1 heterocycles. The summed E-state index contributed by atoms with van der Waals surface area (Å²) < 4.78 is 4.93. The maximum Gasteiger partial charge on any atom is 0.433 e. The lowest BCUT2D eigenvalue weighted by molar-refractivity contribution is -0.402. The molecule has 0 saturated carbocycles. The van der Waals surface area contributed by atoms with Crippen molar-refractivity contribution < 1.29 is 14.1 Å². The molecule has 0 radical (unpaired) electrons. The van der Waals surface area contributed by atoms with Crippen LogP contribution in [0.5, 0.6) is 0 Å². The van der Waals surface area contributed by atoms with Crippen LogP contribution in [0.1, 0.15) is 19.6 Å². The summed E-state index contributed by atoms with van der Waals surface area (Å²) in [5, 5.41) is 16.0. The average Bonchev–Trinajstić information content (AvgIpc) is 2.75. The highest BCUT2D eigenvalue weighted by Crippen LogP contribution is 2.14. The van der Waals surface area contributed by atoms with Gasteiger partial charge in [0.25, 0.3) is 0 Å². The highest BCUT2D eigenvalue weighted by atomic mass is 16.6. The molecule has 1 rings (SSSR count). The maximum atomic E-state index is 11.3. The van der Waals surface area contributed by atoms with Gasteiger partial charge in [-0.1, -0.05) is 13.8 Å². The third-order valence-electron chi connectivity index (χ3n) is 2.12. The summed E-state index contributed by atoms with van der Waals surface area (Å²) in [5.74, 6) is 0.431. The lowest BCUT2D eigenvalue weighted by Gasteiger charge is -2.07. The number of nitrogens with one attached hydrogen (secondary N) is 2. The van der Waals surface area contributed by atoms with Gasteiger partial charge >= 0.3 is 5.88 Å². The Bertz CT molecular complexity index is 414. The monoisotopic (exact) mass is 255 g/mol. The van der Waals surface area contributed by atoms with Gasteiger partial charge in [-0.25, -0.2) is 0 Å². The topological polar surface area (TPSA) is 97.4 Å². The second kappa shape index (κ2) is 6.75. The van der Waals surface area contributed by atoms with Crippen LogP contribution in [0.2, 0.25) is 0 Å². The molecule has 0 saturated heterocycles. The Hall–Kier alpha value is -1.89. The summed E-state index contributed by atoms with van der Waals surface area (Å²) >= 11 is 0. The molecule has 0 fully saturated rings. The SMILES string of the molecule is CC(C)CNC(=O)CNCc1ccc([N+](=O)[O-])o1. The molecule has 0 atom stereocenters. The van der Waals surface area contributed by atoms with E-state index in [2.05, 4.69) is 10.6 Å². The van der Waals surface area contributed by atoms with Crippen molar-refractivity contribution >= 4 is 11.8 Å². The van der Waals surface area contributed by atoms with Gasteiger partial charge in [-0.2, -0.15) is 0 Å². The second-order valence-corrected chi connectivity index (χ2v) is 4.30. The van der Waals surface area contributed by atoms with E-state index in [0.29, 0.717) is 18.2 Å². The van der Waals surface area contributed by atoms with Gasteiger partial charge < -0.3 is 15.1 Å². The highest BCUT2D eigenvalue weighted by Gasteiger charge is 2.11. The van der Waals surface area contributed by atoms with Crippen LogP contribution in [0.3, 0.4) is 0 Å². The van der Waals surface area contributed by atoms with Crippen molar-refractivity contribution in [2.75, 3.05) is 13.1 Å². The van der Waals surface area contributed by atoms with Gasteiger partial charge in [0.2, 0.25) is 5.91 Å². The van der Waals surface area contributed by atoms with Crippen molar-refractivity contribution in [3.8, 4) is 0 Å². The molecule has 0 aliphatic rings. The number of amides is 1. The van der Waals surface area contributed by atoms with E-state index in [1.165, 1.54) is 12.1 Å². The van der Waals surface area contributed by atoms with Gasteiger partial charge in [-0.15, -0.1) is 0 Å². The lowest BCUT2D eigenvalue weighted by Crippen LogP contribution is -2.35. The van der Waals surface area contributed by atoms with E-state index in [4.69, 9.17) is 4.42 Å². The summed E-state index contributed by atoms with van der Waals surface area (Å²) in [6.07, 6.45) is 0. The lowest BCUT2D eigenvalue weighted by atomic mass is 10.2. The Labute approximate surface area is 105 Å². The zero-order chi connectivity index (χ0) is 13.5. The Morgan fingerprint density at radius 3 is 2.78 bits per heavy atom. The van der Waals surface area contributed by atoms with Crippen LogP contribution in [0, 0.1) is 16.0 Å². The molecule has 100 valence electrons. The molecule has 1 amide bonds. The molecule has 0 unspecified atom stereocenters. The standard InChI is InChI=1S/C11H17N3O4/c1-8(2)5-13-10(15)7-12-6-9-3-4-11(18-9)14(16)17/h3-4,8,12H,5-7H2,1-2H3,(H,13,15). The largest absolute Gasteiger partial charge is 0.433 e. The van der Waals surface area contributed by atoms with Crippen molar-refractivity contribution in [1.29, 1.82) is 0 Å². The minimum atomic E-state index is -0.598. The quantitative estimate of drug-likeness (QED) is 0.560. The van der Waals surface area contributed by atoms with Crippen molar-refractivity contribution in [3.05, 3.63) is 28.0 Å². The Balaban J connectivity index is 2.24. The number of rotatable bonds is 7. The highest BCUT2D eigenvalue weighted by molar-refractivity contribution is 5.77. The summed E-state index contributed by atoms with van der Waals surface area (Å²) in [6, 6.07) is 2.80. The zero-order valence-electron chi connectivity index (χ0n) is 10.4. The first-order chi connectivity index (χ1) is 8.49. The first-order valence-electron chi connectivity index (χ1n) is 5.69. The number of hydrogen-bond acceptors (Lipinski definition) is 5. The molecule has 1 aromatic rings. The van der Waals surface area contributed by atoms with Gasteiger partial charge in [0.1, 0.15) is 10.7 Å². The molecule has 0 spiro atoms. The molecule has 0 bridgehead atoms. The molecular weight excluding hydrogens is 238 g/mol. The predicted molar refractivity (Wildman–Crippen MR) is 64.9 cm³/mol. The summed E-state index contributed by atoms with van der Waals surface area (Å²) in [5.41, 5.74) is 0. The van der Waals surface area contributed by atoms with Crippen LogP contribution in [0.4, 0.5) is 5.88 Å². The molecule has 1 aromatic heterocycles. The van der Waals surface area contributed by atoms with Crippen molar-refractivity contribution in [2.45, 2.75) is 20.4 Å². The zero-order valence-corrected chi connectivity index (χ0v) is 10.4. The maximum absolute atomic E-state index is 11.3. The summed E-state index contributed by atoms with van der Waals surface area (Å²) in [6.45, 7) is 5.09. The molecule has 7 nitrogen and oxygen atoms in total. The minimum Gasteiger partial charge on any atom is -0.404 e. The number of furan rings is 1. The Morgan fingerprint density at radius 1 is 1.50 bits per heavy atom. The van der Waals surface area contributed by atoms with Gasteiger partial charge in [0, 0.05) is 6.54 Å². The molecule has 0 aromatic carbocycles. The Kier molecular flexibility index (Phi) is 5.31. The molecular formula is C11H17N3O4. The van der Waals surface area contributed by atoms with E-state index in [9.17, 15) is 14.9 Å². The molecule has 18 heavy (non-hydrogen) atoms. The number of carbonyl (C=O) groups is 1. The predicted octanol–water partition coefficient (Wildman–Crippen LogP) is 1.05. The van der Waals surface area contributed by atoms with E-state index in [-0.39, 0.29) is 24.9 Å². The molecule has 0 aliphatic carbocycles. The van der Waals surface area contributed by atoms with Crippen molar-refractivity contribution in [2.24, 2.45) is 5.92 Å². The average molecular weight is 255 g/mol. The van der Waals surface area contributed by atoms with Crippen LogP contribution in [-0.2, 0) is 11.3 Å². The fourth-order valence-electron chi connectivity index (χ4n) is 1.24. The van der Waals surface area contributed by atoms with E-state index in [1.54, 1.807) is 0 Å². The third kappa shape index (κ3) is 4.96. The van der Waals surface area contributed by atoms with Crippen molar-refractivity contribution in [1.82, 2.24) is 10.6 Å². The van der Waals surface area contributed by atoms with Gasteiger partial charge in [0.15, 0.2) is 0 Å². The van der Waals surface area contributed by atoms with Crippen LogP contribution in [0.25, 0.3) is 0 Å². The number of carbonyl (C=O) groups excluding carboxylic acids is 1. The molecule has 0 aliphatic heterocycles. The van der Waals surface area contributed by atoms with E-state index in [1.807, 2.05) is 13.8 Å².